The Bertz CT molecular complexity index is 1110. The number of benzene rings is 2. The molecule has 0 aliphatic carbocycles. The zero-order valence-corrected chi connectivity index (χ0v) is 19.5. The van der Waals surface area contributed by atoms with Gasteiger partial charge < -0.3 is 19.9 Å². The van der Waals surface area contributed by atoms with Gasteiger partial charge in [0.05, 0.1) is 24.2 Å². The summed E-state index contributed by atoms with van der Waals surface area (Å²) in [7, 11) is 1.55. The van der Waals surface area contributed by atoms with Crippen molar-refractivity contribution in [2.75, 3.05) is 48.4 Å². The molecule has 2 saturated heterocycles. The van der Waals surface area contributed by atoms with E-state index in [1.165, 1.54) is 0 Å². The largest absolute Gasteiger partial charge is 0.495 e. The molecule has 0 spiro atoms. The first-order chi connectivity index (χ1) is 16.6. The number of piperidine rings is 1. The summed E-state index contributed by atoms with van der Waals surface area (Å²) in [5, 5.41) is 2.87. The molecule has 0 unspecified atom stereocenters. The highest BCUT2D eigenvalue weighted by Crippen LogP contribution is 2.40. The number of likely N-dealkylation sites (tertiary alicyclic amines) is 1. The highest BCUT2D eigenvalue weighted by atomic mass is 16.5. The number of carbonyl (C=O) groups is 3. The monoisotopic (exact) mass is 462 g/mol. The highest BCUT2D eigenvalue weighted by Gasteiger charge is 2.40. The summed E-state index contributed by atoms with van der Waals surface area (Å²) in [5.74, 6) is 0.127. The van der Waals surface area contributed by atoms with Crippen LogP contribution < -0.4 is 19.9 Å². The Kier molecular flexibility index (Phi) is 6.13. The van der Waals surface area contributed by atoms with Crippen molar-refractivity contribution in [2.24, 2.45) is 0 Å². The third-order valence-corrected chi connectivity index (χ3v) is 6.95. The average Bonchev–Trinajstić information content (AvgIpc) is 3.41. The van der Waals surface area contributed by atoms with E-state index >= 15 is 0 Å². The number of para-hydroxylation sites is 2. The van der Waals surface area contributed by atoms with Gasteiger partial charge in [0.15, 0.2) is 0 Å². The molecule has 178 valence electrons. The zero-order valence-electron chi connectivity index (χ0n) is 19.5. The third kappa shape index (κ3) is 4.08. The van der Waals surface area contributed by atoms with Crippen molar-refractivity contribution in [1.82, 2.24) is 4.90 Å². The Morgan fingerprint density at radius 1 is 1.00 bits per heavy atom. The number of hydrogen-bond acceptors (Lipinski definition) is 5. The second-order valence-electron chi connectivity index (χ2n) is 9.08. The molecule has 0 radical (unpaired) electrons. The summed E-state index contributed by atoms with van der Waals surface area (Å²) in [6, 6.07) is 12.5. The van der Waals surface area contributed by atoms with Gasteiger partial charge in [-0.3, -0.25) is 19.3 Å². The van der Waals surface area contributed by atoms with Crippen molar-refractivity contribution < 1.29 is 19.1 Å². The number of ether oxygens (including phenoxy) is 1. The summed E-state index contributed by atoms with van der Waals surface area (Å²) in [6.45, 7) is 2.18. The van der Waals surface area contributed by atoms with E-state index in [2.05, 4.69) is 10.2 Å². The van der Waals surface area contributed by atoms with Crippen LogP contribution >= 0.6 is 0 Å². The third-order valence-electron chi connectivity index (χ3n) is 6.95. The number of fused-ring (bicyclic) bond motifs is 3. The molecule has 0 saturated carbocycles. The van der Waals surface area contributed by atoms with Crippen molar-refractivity contribution in [3.63, 3.8) is 0 Å². The van der Waals surface area contributed by atoms with E-state index in [1.54, 1.807) is 30.2 Å². The lowest BCUT2D eigenvalue weighted by Crippen LogP contribution is -2.56. The minimum Gasteiger partial charge on any atom is -0.495 e. The van der Waals surface area contributed by atoms with Gasteiger partial charge in [0.1, 0.15) is 18.3 Å². The highest BCUT2D eigenvalue weighted by molar-refractivity contribution is 6.11. The van der Waals surface area contributed by atoms with E-state index < -0.39 is 0 Å². The number of rotatable bonds is 5. The van der Waals surface area contributed by atoms with Crippen molar-refractivity contribution in [1.29, 1.82) is 0 Å². The number of carbonyl (C=O) groups excluding carboxylic acids is 3. The van der Waals surface area contributed by atoms with E-state index in [1.807, 2.05) is 29.2 Å². The minimum atomic E-state index is -0.315. The fraction of sp³-hybridized carbons (Fsp3) is 0.423. The summed E-state index contributed by atoms with van der Waals surface area (Å²) < 4.78 is 5.33. The Labute approximate surface area is 199 Å². The van der Waals surface area contributed by atoms with Crippen LogP contribution in [0.2, 0.25) is 0 Å². The van der Waals surface area contributed by atoms with Crippen LogP contribution in [0.3, 0.4) is 0 Å². The Balaban J connectivity index is 1.46. The molecule has 3 heterocycles. The Morgan fingerprint density at radius 3 is 2.56 bits per heavy atom. The van der Waals surface area contributed by atoms with Crippen molar-refractivity contribution in [3.8, 4) is 5.75 Å². The lowest BCUT2D eigenvalue weighted by Gasteiger charge is -2.45. The van der Waals surface area contributed by atoms with Crippen LogP contribution in [0.5, 0.6) is 5.75 Å². The molecule has 8 nitrogen and oxygen atoms in total. The Morgan fingerprint density at radius 2 is 1.76 bits per heavy atom. The number of methoxy groups -OCH3 is 1. The predicted octanol–water partition coefficient (Wildman–Crippen LogP) is 3.28. The van der Waals surface area contributed by atoms with Crippen LogP contribution in [-0.4, -0.2) is 62.0 Å². The quantitative estimate of drug-likeness (QED) is 0.738. The lowest BCUT2D eigenvalue weighted by atomic mass is 9.95. The fourth-order valence-corrected chi connectivity index (χ4v) is 5.24. The van der Waals surface area contributed by atoms with Gasteiger partial charge in [-0.25, -0.2) is 0 Å². The second kappa shape index (κ2) is 9.37. The zero-order chi connectivity index (χ0) is 23.7. The maximum absolute atomic E-state index is 13.6. The van der Waals surface area contributed by atoms with Crippen LogP contribution in [0.15, 0.2) is 42.5 Å². The number of anilines is 3. The number of hydrogen-bond donors (Lipinski definition) is 1. The van der Waals surface area contributed by atoms with Gasteiger partial charge in [0, 0.05) is 25.2 Å². The molecule has 0 aromatic heterocycles. The van der Waals surface area contributed by atoms with Crippen molar-refractivity contribution in [3.05, 3.63) is 48.0 Å². The van der Waals surface area contributed by atoms with E-state index in [0.29, 0.717) is 22.7 Å². The van der Waals surface area contributed by atoms with Gasteiger partial charge in [-0.1, -0.05) is 12.1 Å². The van der Waals surface area contributed by atoms with Crippen LogP contribution in [0.4, 0.5) is 17.1 Å². The van der Waals surface area contributed by atoms with Crippen molar-refractivity contribution in [2.45, 2.75) is 38.1 Å². The van der Waals surface area contributed by atoms with Gasteiger partial charge in [-0.2, -0.15) is 0 Å². The van der Waals surface area contributed by atoms with E-state index in [9.17, 15) is 14.4 Å². The summed E-state index contributed by atoms with van der Waals surface area (Å²) in [6.07, 6.45) is 4.79. The van der Waals surface area contributed by atoms with Gasteiger partial charge >= 0.3 is 0 Å². The molecule has 1 N–H and O–H groups in total. The van der Waals surface area contributed by atoms with E-state index in [-0.39, 0.29) is 30.3 Å². The molecule has 2 fully saturated rings. The number of amides is 3. The average molecular weight is 463 g/mol. The molecule has 2 aromatic carbocycles. The molecular formula is C26H30N4O4. The molecule has 3 amide bonds. The fourth-order valence-electron chi connectivity index (χ4n) is 5.24. The molecule has 8 heteroatoms. The van der Waals surface area contributed by atoms with Crippen LogP contribution in [0.25, 0.3) is 0 Å². The summed E-state index contributed by atoms with van der Waals surface area (Å²) >= 11 is 0. The van der Waals surface area contributed by atoms with Gasteiger partial charge in [0.25, 0.3) is 5.91 Å². The minimum absolute atomic E-state index is 0.0214. The van der Waals surface area contributed by atoms with Gasteiger partial charge in [-0.05, 0) is 62.4 Å². The van der Waals surface area contributed by atoms with Crippen LogP contribution in [-0.2, 0) is 9.59 Å². The first-order valence-corrected chi connectivity index (χ1v) is 12.0. The molecule has 3 aliphatic heterocycles. The lowest BCUT2D eigenvalue weighted by molar-refractivity contribution is -0.123. The second-order valence-corrected chi connectivity index (χ2v) is 9.08. The number of nitrogens with zero attached hydrogens (tertiary/aromatic N) is 3. The Hall–Kier alpha value is -3.55. The maximum atomic E-state index is 13.6. The normalized spacial score (nSPS) is 19.5. The standard InChI is InChI=1S/C26H30N4O4/c1-34-23-10-3-2-8-19(23)27-24(31)17-30-22-16-18(25(32)28-13-6-7-14-28)11-12-20(22)29-15-5-4-9-21(29)26(30)33/h2-3,8,10-12,16,21H,4-7,9,13-15,17H2,1H3,(H,27,31)/t21-/m0/s1. The van der Waals surface area contributed by atoms with Gasteiger partial charge in [0.2, 0.25) is 11.8 Å². The molecule has 5 rings (SSSR count). The van der Waals surface area contributed by atoms with E-state index in [4.69, 9.17) is 4.74 Å². The summed E-state index contributed by atoms with van der Waals surface area (Å²) in [4.78, 5) is 45.2. The first kappa shape index (κ1) is 22.3. The maximum Gasteiger partial charge on any atom is 0.253 e. The first-order valence-electron chi connectivity index (χ1n) is 12.0. The van der Waals surface area contributed by atoms with Gasteiger partial charge in [-0.15, -0.1) is 0 Å². The molecule has 1 atom stereocenters. The van der Waals surface area contributed by atoms with Crippen molar-refractivity contribution >= 4 is 34.8 Å². The van der Waals surface area contributed by atoms with Crippen LogP contribution in [0.1, 0.15) is 42.5 Å². The topological polar surface area (TPSA) is 82.2 Å². The molecule has 0 bridgehead atoms. The molecule has 34 heavy (non-hydrogen) atoms. The SMILES string of the molecule is COc1ccccc1NC(=O)CN1C(=O)[C@@H]2CCCCN2c2ccc(C(=O)N3CCCC3)cc21. The molecule has 3 aliphatic rings. The van der Waals surface area contributed by atoms with E-state index in [0.717, 1.165) is 57.4 Å². The van der Waals surface area contributed by atoms with Crippen LogP contribution in [0, 0.1) is 0 Å². The predicted molar refractivity (Wildman–Crippen MR) is 131 cm³/mol. The number of nitrogens with one attached hydrogen (secondary N) is 1. The summed E-state index contributed by atoms with van der Waals surface area (Å²) in [5.41, 5.74) is 2.65. The molecule has 2 aromatic rings. The smallest absolute Gasteiger partial charge is 0.253 e. The molecular weight excluding hydrogens is 432 g/mol.